The summed E-state index contributed by atoms with van der Waals surface area (Å²) in [7, 11) is 5.91. The number of aromatic nitrogens is 3. The molecular formula is C27H31N7O. The summed E-state index contributed by atoms with van der Waals surface area (Å²) in [5.74, 6) is -0.0380. The van der Waals surface area contributed by atoms with Gasteiger partial charge >= 0.3 is 0 Å². The van der Waals surface area contributed by atoms with Crippen molar-refractivity contribution < 1.29 is 4.79 Å². The summed E-state index contributed by atoms with van der Waals surface area (Å²) >= 11 is 0. The first-order valence-corrected chi connectivity index (χ1v) is 11.9. The SMILES string of the molecule is CN(C)CC(=O)Nc1ccc(-c2c[nH]c3ncc(-c4ccc(N5CCN(C)CC5)cc4)nc23)cc1. The third-order valence-electron chi connectivity index (χ3n) is 6.35. The first kappa shape index (κ1) is 23.0. The maximum absolute atomic E-state index is 12.0. The van der Waals surface area contributed by atoms with E-state index in [1.807, 2.05) is 55.7 Å². The lowest BCUT2D eigenvalue weighted by molar-refractivity contribution is -0.116. The van der Waals surface area contributed by atoms with Gasteiger partial charge in [0.1, 0.15) is 5.52 Å². The Balaban J connectivity index is 1.36. The fourth-order valence-corrected chi connectivity index (χ4v) is 4.38. The van der Waals surface area contributed by atoms with Crippen LogP contribution in [0.15, 0.2) is 60.9 Å². The van der Waals surface area contributed by atoms with Gasteiger partial charge < -0.3 is 25.0 Å². The number of piperazine rings is 1. The highest BCUT2D eigenvalue weighted by Gasteiger charge is 2.15. The molecule has 8 heteroatoms. The molecule has 0 aliphatic carbocycles. The lowest BCUT2D eigenvalue weighted by Gasteiger charge is -2.34. The fraction of sp³-hybridized carbons (Fsp3) is 0.296. The first-order chi connectivity index (χ1) is 17.0. The number of hydrogen-bond acceptors (Lipinski definition) is 6. The van der Waals surface area contributed by atoms with E-state index in [0.717, 1.165) is 65.4 Å². The maximum Gasteiger partial charge on any atom is 0.238 e. The summed E-state index contributed by atoms with van der Waals surface area (Å²) in [4.78, 5) is 31.4. The van der Waals surface area contributed by atoms with Crippen LogP contribution in [0.4, 0.5) is 11.4 Å². The molecule has 2 aromatic heterocycles. The molecule has 2 N–H and O–H groups in total. The molecule has 8 nitrogen and oxygen atoms in total. The van der Waals surface area contributed by atoms with E-state index >= 15 is 0 Å². The molecule has 0 atom stereocenters. The maximum atomic E-state index is 12.0. The summed E-state index contributed by atoms with van der Waals surface area (Å²) in [5.41, 5.74) is 7.48. The van der Waals surface area contributed by atoms with Crippen molar-refractivity contribution in [3.8, 4) is 22.4 Å². The number of fused-ring (bicyclic) bond motifs is 1. The number of nitrogens with zero attached hydrogens (tertiary/aromatic N) is 5. The van der Waals surface area contributed by atoms with Crippen LogP contribution in [-0.2, 0) is 4.79 Å². The predicted molar refractivity (Wildman–Crippen MR) is 142 cm³/mol. The number of carbonyl (C=O) groups is 1. The van der Waals surface area contributed by atoms with Crippen molar-refractivity contribution in [2.75, 3.05) is 64.1 Å². The van der Waals surface area contributed by atoms with Crippen molar-refractivity contribution in [2.45, 2.75) is 0 Å². The van der Waals surface area contributed by atoms with E-state index in [1.165, 1.54) is 5.69 Å². The van der Waals surface area contributed by atoms with Crippen LogP contribution >= 0.6 is 0 Å². The Hall–Kier alpha value is -3.75. The van der Waals surface area contributed by atoms with Gasteiger partial charge in [-0.15, -0.1) is 0 Å². The minimum Gasteiger partial charge on any atom is -0.369 e. The first-order valence-electron chi connectivity index (χ1n) is 11.9. The van der Waals surface area contributed by atoms with Gasteiger partial charge in [-0.25, -0.2) is 9.97 Å². The quantitative estimate of drug-likeness (QED) is 0.450. The van der Waals surface area contributed by atoms with Gasteiger partial charge in [-0.1, -0.05) is 24.3 Å². The van der Waals surface area contributed by atoms with Gasteiger partial charge in [-0.3, -0.25) is 4.79 Å². The predicted octanol–water partition coefficient (Wildman–Crippen LogP) is 3.54. The molecule has 0 bridgehead atoms. The Kier molecular flexibility index (Phi) is 6.48. The smallest absolute Gasteiger partial charge is 0.238 e. The van der Waals surface area contributed by atoms with E-state index in [2.05, 4.69) is 56.4 Å². The minimum atomic E-state index is -0.0380. The topological polar surface area (TPSA) is 80.4 Å². The summed E-state index contributed by atoms with van der Waals surface area (Å²) < 4.78 is 0. The number of H-pyrrole nitrogens is 1. The molecule has 0 spiro atoms. The number of hydrogen-bond donors (Lipinski definition) is 2. The van der Waals surface area contributed by atoms with E-state index in [0.29, 0.717) is 6.54 Å². The van der Waals surface area contributed by atoms with Gasteiger partial charge in [0.15, 0.2) is 5.65 Å². The van der Waals surface area contributed by atoms with E-state index in [9.17, 15) is 4.79 Å². The second kappa shape index (κ2) is 9.85. The Bertz CT molecular complexity index is 1300. The zero-order chi connectivity index (χ0) is 24.4. The van der Waals surface area contributed by atoms with Crippen LogP contribution in [0.3, 0.4) is 0 Å². The Morgan fingerprint density at radius 3 is 2.37 bits per heavy atom. The molecule has 1 saturated heterocycles. The van der Waals surface area contributed by atoms with E-state index in [4.69, 9.17) is 4.98 Å². The zero-order valence-corrected chi connectivity index (χ0v) is 20.5. The zero-order valence-electron chi connectivity index (χ0n) is 20.5. The van der Waals surface area contributed by atoms with Crippen LogP contribution < -0.4 is 10.2 Å². The van der Waals surface area contributed by atoms with Crippen molar-refractivity contribution in [1.82, 2.24) is 24.8 Å². The average Bonchev–Trinajstić information content (AvgIpc) is 3.28. The van der Waals surface area contributed by atoms with E-state index in [1.54, 1.807) is 0 Å². The van der Waals surface area contributed by atoms with Crippen LogP contribution in [0.5, 0.6) is 0 Å². The summed E-state index contributed by atoms with van der Waals surface area (Å²) in [6.45, 7) is 4.62. The van der Waals surface area contributed by atoms with Gasteiger partial charge in [0.2, 0.25) is 5.91 Å². The number of nitrogens with one attached hydrogen (secondary N) is 2. The molecule has 0 saturated carbocycles. The van der Waals surface area contributed by atoms with Gasteiger partial charge in [0.05, 0.1) is 18.4 Å². The lowest BCUT2D eigenvalue weighted by atomic mass is 10.1. The summed E-state index contributed by atoms with van der Waals surface area (Å²) in [5, 5.41) is 2.92. The number of carbonyl (C=O) groups excluding carboxylic acids is 1. The lowest BCUT2D eigenvalue weighted by Crippen LogP contribution is -2.44. The largest absolute Gasteiger partial charge is 0.369 e. The fourth-order valence-electron chi connectivity index (χ4n) is 4.38. The Labute approximate surface area is 205 Å². The molecule has 180 valence electrons. The van der Waals surface area contributed by atoms with Crippen LogP contribution in [-0.4, -0.2) is 84.5 Å². The Morgan fingerprint density at radius 1 is 1.00 bits per heavy atom. The molecule has 2 aromatic carbocycles. The highest BCUT2D eigenvalue weighted by molar-refractivity contribution is 5.94. The summed E-state index contributed by atoms with van der Waals surface area (Å²) in [6.07, 6.45) is 3.75. The second-order valence-corrected chi connectivity index (χ2v) is 9.36. The molecule has 1 aliphatic heterocycles. The highest BCUT2D eigenvalue weighted by atomic mass is 16.2. The van der Waals surface area contributed by atoms with Crippen LogP contribution in [0.2, 0.25) is 0 Å². The highest BCUT2D eigenvalue weighted by Crippen LogP contribution is 2.30. The van der Waals surface area contributed by atoms with Crippen molar-refractivity contribution in [2.24, 2.45) is 0 Å². The second-order valence-electron chi connectivity index (χ2n) is 9.36. The van der Waals surface area contributed by atoms with Crippen molar-refractivity contribution in [3.05, 3.63) is 60.9 Å². The third kappa shape index (κ3) is 5.18. The van der Waals surface area contributed by atoms with Crippen molar-refractivity contribution >= 4 is 28.4 Å². The monoisotopic (exact) mass is 469 g/mol. The molecule has 5 rings (SSSR count). The van der Waals surface area contributed by atoms with Crippen LogP contribution in [0.1, 0.15) is 0 Å². The normalized spacial score (nSPS) is 14.6. The number of rotatable bonds is 6. The van der Waals surface area contributed by atoms with Crippen LogP contribution in [0.25, 0.3) is 33.5 Å². The van der Waals surface area contributed by atoms with Crippen molar-refractivity contribution in [3.63, 3.8) is 0 Å². The molecule has 4 aromatic rings. The molecule has 1 amide bonds. The van der Waals surface area contributed by atoms with Gasteiger partial charge in [-0.2, -0.15) is 0 Å². The standard InChI is InChI=1S/C27H31N7O/c1-32(2)18-25(35)30-21-8-4-19(5-9-21)23-16-28-27-26(23)31-24(17-29-27)20-6-10-22(11-7-20)34-14-12-33(3)13-15-34/h4-11,16-17H,12-15,18H2,1-3H3,(H,28,29)(H,30,35). The molecule has 1 aliphatic rings. The molecule has 1 fully saturated rings. The average molecular weight is 470 g/mol. The third-order valence-corrected chi connectivity index (χ3v) is 6.35. The summed E-state index contributed by atoms with van der Waals surface area (Å²) in [6, 6.07) is 16.4. The molecule has 0 radical (unpaired) electrons. The minimum absolute atomic E-state index is 0.0380. The Morgan fingerprint density at radius 2 is 1.69 bits per heavy atom. The molecular weight excluding hydrogens is 438 g/mol. The van der Waals surface area contributed by atoms with E-state index in [-0.39, 0.29) is 5.91 Å². The number of likely N-dealkylation sites (N-methyl/N-ethyl adjacent to an activating group) is 2. The molecule has 0 unspecified atom stereocenters. The number of anilines is 2. The van der Waals surface area contributed by atoms with Gasteiger partial charge in [0.25, 0.3) is 0 Å². The number of benzene rings is 2. The number of aromatic amines is 1. The van der Waals surface area contributed by atoms with Gasteiger partial charge in [-0.05, 0) is 51.0 Å². The molecule has 35 heavy (non-hydrogen) atoms. The van der Waals surface area contributed by atoms with Crippen molar-refractivity contribution in [1.29, 1.82) is 0 Å². The van der Waals surface area contributed by atoms with Crippen LogP contribution in [0, 0.1) is 0 Å². The molecule has 3 heterocycles. The van der Waals surface area contributed by atoms with E-state index < -0.39 is 0 Å². The number of amides is 1. The van der Waals surface area contributed by atoms with Gasteiger partial charge in [0, 0.05) is 54.9 Å².